The maximum atomic E-state index is 12.3. The van der Waals surface area contributed by atoms with Gasteiger partial charge >= 0.3 is 5.97 Å². The summed E-state index contributed by atoms with van der Waals surface area (Å²) in [5, 5.41) is 3.47. The number of hydrogen-bond donors (Lipinski definition) is 1. The molecule has 3 nitrogen and oxygen atoms in total. The molecule has 0 bridgehead atoms. The molecular weight excluding hydrogens is 274 g/mol. The van der Waals surface area contributed by atoms with Crippen LogP contribution in [0, 0.1) is 0 Å². The van der Waals surface area contributed by atoms with E-state index in [-0.39, 0.29) is 30.3 Å². The van der Waals surface area contributed by atoms with E-state index in [2.05, 4.69) is 5.32 Å². The number of esters is 1. The Morgan fingerprint density at radius 1 is 1.35 bits per heavy atom. The van der Waals surface area contributed by atoms with Crippen molar-refractivity contribution in [2.24, 2.45) is 0 Å². The van der Waals surface area contributed by atoms with Crippen LogP contribution in [-0.4, -0.2) is 25.2 Å². The third-order valence-electron chi connectivity index (χ3n) is 3.61. The van der Waals surface area contributed by atoms with E-state index in [0.29, 0.717) is 6.61 Å². The number of carbonyl (C=O) groups excluding carboxylic acids is 1. The van der Waals surface area contributed by atoms with Gasteiger partial charge in [-0.15, -0.1) is 12.4 Å². The Hall–Kier alpha value is -1.06. The highest BCUT2D eigenvalue weighted by molar-refractivity contribution is 5.85. The molecule has 0 radical (unpaired) electrons. The molecule has 20 heavy (non-hydrogen) atoms. The van der Waals surface area contributed by atoms with Gasteiger partial charge in [0, 0.05) is 6.04 Å². The lowest BCUT2D eigenvalue weighted by Crippen LogP contribution is -2.42. The SMILES string of the molecule is CCCOC(=O)[C@H](c1ccccc1)[C@H]1CCCCN1.Cl. The van der Waals surface area contributed by atoms with Gasteiger partial charge in [-0.05, 0) is 31.4 Å². The van der Waals surface area contributed by atoms with Crippen LogP contribution in [0.1, 0.15) is 44.1 Å². The zero-order valence-electron chi connectivity index (χ0n) is 12.0. The van der Waals surface area contributed by atoms with Gasteiger partial charge in [0.15, 0.2) is 0 Å². The van der Waals surface area contributed by atoms with Crippen molar-refractivity contribution < 1.29 is 9.53 Å². The molecule has 1 aromatic carbocycles. The summed E-state index contributed by atoms with van der Waals surface area (Å²) >= 11 is 0. The number of ether oxygens (including phenoxy) is 1. The van der Waals surface area contributed by atoms with Gasteiger partial charge in [0.2, 0.25) is 0 Å². The minimum absolute atomic E-state index is 0. The molecule has 112 valence electrons. The second-order valence-corrected chi connectivity index (χ2v) is 5.11. The molecule has 0 aliphatic carbocycles. The zero-order chi connectivity index (χ0) is 13.5. The van der Waals surface area contributed by atoms with E-state index in [0.717, 1.165) is 24.9 Å². The number of halogens is 1. The molecule has 0 spiro atoms. The minimum Gasteiger partial charge on any atom is -0.465 e. The second-order valence-electron chi connectivity index (χ2n) is 5.11. The van der Waals surface area contributed by atoms with Gasteiger partial charge in [0.1, 0.15) is 0 Å². The summed E-state index contributed by atoms with van der Waals surface area (Å²) < 4.78 is 5.38. The van der Waals surface area contributed by atoms with Gasteiger partial charge in [0.05, 0.1) is 12.5 Å². The van der Waals surface area contributed by atoms with Crippen molar-refractivity contribution in [2.75, 3.05) is 13.2 Å². The highest BCUT2D eigenvalue weighted by Crippen LogP contribution is 2.26. The zero-order valence-corrected chi connectivity index (χ0v) is 12.8. The van der Waals surface area contributed by atoms with Crippen molar-refractivity contribution in [2.45, 2.75) is 44.6 Å². The molecule has 1 N–H and O–H groups in total. The smallest absolute Gasteiger partial charge is 0.315 e. The second kappa shape index (κ2) is 8.98. The summed E-state index contributed by atoms with van der Waals surface area (Å²) in [4.78, 5) is 12.3. The minimum atomic E-state index is -0.173. The van der Waals surface area contributed by atoms with E-state index in [1.165, 1.54) is 12.8 Å². The summed E-state index contributed by atoms with van der Waals surface area (Å²) in [6.45, 7) is 3.52. The maximum absolute atomic E-state index is 12.3. The van der Waals surface area contributed by atoms with E-state index >= 15 is 0 Å². The lowest BCUT2D eigenvalue weighted by atomic mass is 9.86. The summed E-state index contributed by atoms with van der Waals surface area (Å²) in [6.07, 6.45) is 4.29. The van der Waals surface area contributed by atoms with Gasteiger partial charge in [0.25, 0.3) is 0 Å². The van der Waals surface area contributed by atoms with Gasteiger partial charge in [-0.3, -0.25) is 4.79 Å². The van der Waals surface area contributed by atoms with Crippen LogP contribution in [0.25, 0.3) is 0 Å². The van der Waals surface area contributed by atoms with Crippen molar-refractivity contribution in [1.29, 1.82) is 0 Å². The first-order valence-corrected chi connectivity index (χ1v) is 7.28. The monoisotopic (exact) mass is 297 g/mol. The molecule has 1 aliphatic rings. The average molecular weight is 298 g/mol. The molecule has 1 fully saturated rings. The molecule has 0 aromatic heterocycles. The van der Waals surface area contributed by atoms with Crippen molar-refractivity contribution >= 4 is 18.4 Å². The van der Waals surface area contributed by atoms with E-state index in [9.17, 15) is 4.79 Å². The van der Waals surface area contributed by atoms with E-state index in [1.807, 2.05) is 37.3 Å². The number of nitrogens with one attached hydrogen (secondary N) is 1. The molecule has 0 unspecified atom stereocenters. The van der Waals surface area contributed by atoms with Crippen molar-refractivity contribution in [1.82, 2.24) is 5.32 Å². The highest BCUT2D eigenvalue weighted by Gasteiger charge is 2.31. The van der Waals surface area contributed by atoms with Crippen LogP contribution >= 0.6 is 12.4 Å². The first-order chi connectivity index (χ1) is 9.33. The topological polar surface area (TPSA) is 38.3 Å². The largest absolute Gasteiger partial charge is 0.465 e. The van der Waals surface area contributed by atoms with Crippen LogP contribution in [0.4, 0.5) is 0 Å². The van der Waals surface area contributed by atoms with E-state index < -0.39 is 0 Å². The number of carbonyl (C=O) groups is 1. The van der Waals surface area contributed by atoms with Crippen LogP contribution in [0.15, 0.2) is 30.3 Å². The Morgan fingerprint density at radius 3 is 2.70 bits per heavy atom. The quantitative estimate of drug-likeness (QED) is 0.848. The fraction of sp³-hybridized carbons (Fsp3) is 0.562. The first-order valence-electron chi connectivity index (χ1n) is 7.28. The third-order valence-corrected chi connectivity index (χ3v) is 3.61. The predicted molar refractivity (Wildman–Crippen MR) is 83.3 cm³/mol. The molecule has 2 rings (SSSR count). The van der Waals surface area contributed by atoms with Crippen LogP contribution in [-0.2, 0) is 9.53 Å². The Kier molecular flexibility index (Phi) is 7.63. The standard InChI is InChI=1S/C16H23NO2.ClH/c1-2-12-19-16(18)15(13-8-4-3-5-9-13)14-10-6-7-11-17-14;/h3-5,8-9,14-15,17H,2,6-7,10-12H2,1H3;1H/t14-,15-;/m1./s1. The van der Waals surface area contributed by atoms with E-state index in [4.69, 9.17) is 4.74 Å². The Balaban J connectivity index is 0.00000200. The number of rotatable bonds is 5. The van der Waals surface area contributed by atoms with Crippen LogP contribution in [0.2, 0.25) is 0 Å². The maximum Gasteiger partial charge on any atom is 0.315 e. The van der Waals surface area contributed by atoms with Crippen LogP contribution < -0.4 is 5.32 Å². The van der Waals surface area contributed by atoms with Crippen molar-refractivity contribution in [3.05, 3.63) is 35.9 Å². The number of piperidine rings is 1. The van der Waals surface area contributed by atoms with Crippen LogP contribution in [0.3, 0.4) is 0 Å². The highest BCUT2D eigenvalue weighted by atomic mass is 35.5. The fourth-order valence-corrected chi connectivity index (χ4v) is 2.65. The molecule has 1 heterocycles. The Morgan fingerprint density at radius 2 is 2.10 bits per heavy atom. The normalized spacial score (nSPS) is 19.8. The summed E-state index contributed by atoms with van der Waals surface area (Å²) in [7, 11) is 0. The van der Waals surface area contributed by atoms with Crippen molar-refractivity contribution in [3.63, 3.8) is 0 Å². The lowest BCUT2D eigenvalue weighted by Gasteiger charge is -2.30. The Bertz CT molecular complexity index is 391. The van der Waals surface area contributed by atoms with Crippen LogP contribution in [0.5, 0.6) is 0 Å². The Labute approximate surface area is 127 Å². The molecule has 1 aliphatic heterocycles. The number of benzene rings is 1. The van der Waals surface area contributed by atoms with Gasteiger partial charge in [-0.1, -0.05) is 43.7 Å². The molecule has 4 heteroatoms. The molecule has 0 amide bonds. The number of hydrogen-bond acceptors (Lipinski definition) is 3. The molecular formula is C16H24ClNO2. The molecule has 0 saturated carbocycles. The predicted octanol–water partition coefficient (Wildman–Crippen LogP) is 3.29. The van der Waals surface area contributed by atoms with Crippen molar-refractivity contribution in [3.8, 4) is 0 Å². The molecule has 1 aromatic rings. The lowest BCUT2D eigenvalue weighted by molar-refractivity contribution is -0.146. The molecule has 2 atom stereocenters. The molecule has 1 saturated heterocycles. The summed E-state index contributed by atoms with van der Waals surface area (Å²) in [5.41, 5.74) is 1.06. The average Bonchev–Trinajstić information content (AvgIpc) is 2.47. The van der Waals surface area contributed by atoms with Gasteiger partial charge in [-0.25, -0.2) is 0 Å². The summed E-state index contributed by atoms with van der Waals surface area (Å²) in [6, 6.07) is 10.2. The summed E-state index contributed by atoms with van der Waals surface area (Å²) in [5.74, 6) is -0.263. The van der Waals surface area contributed by atoms with E-state index in [1.54, 1.807) is 0 Å². The first kappa shape index (κ1) is 17.0. The third kappa shape index (κ3) is 4.50. The van der Waals surface area contributed by atoms with Gasteiger partial charge in [-0.2, -0.15) is 0 Å². The fourth-order valence-electron chi connectivity index (χ4n) is 2.65. The van der Waals surface area contributed by atoms with Gasteiger partial charge < -0.3 is 10.1 Å².